The van der Waals surface area contributed by atoms with Crippen LogP contribution in [0.1, 0.15) is 51.3 Å². The molecule has 0 spiro atoms. The summed E-state index contributed by atoms with van der Waals surface area (Å²) in [6, 6.07) is 7.92. The molecule has 9 heteroatoms. The van der Waals surface area contributed by atoms with Crippen LogP contribution in [0.25, 0.3) is 5.57 Å². The van der Waals surface area contributed by atoms with Crippen molar-refractivity contribution in [3.8, 4) is 0 Å². The van der Waals surface area contributed by atoms with Crippen LogP contribution in [-0.2, 0) is 0 Å². The maximum absolute atomic E-state index is 11.3. The predicted octanol–water partition coefficient (Wildman–Crippen LogP) is 5.67. The Morgan fingerprint density at radius 1 is 1.09 bits per heavy atom. The molecular weight excluding hydrogens is 410 g/mol. The van der Waals surface area contributed by atoms with Gasteiger partial charge in [-0.2, -0.15) is 5.10 Å². The number of non-ortho nitro benzene ring substituents is 1. The van der Waals surface area contributed by atoms with E-state index in [0.29, 0.717) is 6.04 Å². The van der Waals surface area contributed by atoms with Crippen LogP contribution in [0.3, 0.4) is 0 Å². The van der Waals surface area contributed by atoms with E-state index in [1.165, 1.54) is 23.4 Å². The quantitative estimate of drug-likeness (QED) is 0.354. The lowest BCUT2D eigenvalue weighted by Crippen LogP contribution is -2.49. The molecule has 0 fully saturated rings. The number of hydrogen-bond acceptors (Lipinski definition) is 7. The maximum Gasteiger partial charge on any atom is 0.301 e. The largest absolute Gasteiger partial charge is 0.360 e. The fraction of sp³-hybridized carbons (Fsp3) is 0.348. The predicted molar refractivity (Wildman–Crippen MR) is 127 cm³/mol. The van der Waals surface area contributed by atoms with Crippen LogP contribution in [0, 0.1) is 27.2 Å². The molecule has 0 unspecified atom stereocenters. The van der Waals surface area contributed by atoms with Gasteiger partial charge in [-0.3, -0.25) is 25.7 Å². The van der Waals surface area contributed by atoms with Gasteiger partial charge in [-0.05, 0) is 76.4 Å². The summed E-state index contributed by atoms with van der Waals surface area (Å²) >= 11 is 0. The molecule has 2 aromatic carbocycles. The molecule has 1 heterocycles. The molecule has 1 N–H and O–H groups in total. The van der Waals surface area contributed by atoms with Crippen molar-refractivity contribution in [2.45, 2.75) is 53.1 Å². The number of rotatable bonds is 6. The van der Waals surface area contributed by atoms with E-state index < -0.39 is 15.5 Å². The highest BCUT2D eigenvalue weighted by Crippen LogP contribution is 2.41. The Balaban J connectivity index is 1.94. The fourth-order valence-corrected chi connectivity index (χ4v) is 4.35. The number of aryl methyl sites for hydroxylation is 1. The van der Waals surface area contributed by atoms with E-state index in [-0.39, 0.29) is 16.9 Å². The van der Waals surface area contributed by atoms with Gasteiger partial charge in [0.25, 0.3) is 5.69 Å². The number of nitrogens with zero attached hydrogens (tertiary/aromatic N) is 4. The highest BCUT2D eigenvalue weighted by molar-refractivity contribution is 5.90. The van der Waals surface area contributed by atoms with Crippen molar-refractivity contribution in [1.82, 2.24) is 0 Å². The van der Waals surface area contributed by atoms with Crippen LogP contribution < -0.4 is 10.3 Å². The molecule has 2 aromatic rings. The molecule has 9 nitrogen and oxygen atoms in total. The summed E-state index contributed by atoms with van der Waals surface area (Å²) in [5, 5.41) is 26.4. The van der Waals surface area contributed by atoms with Crippen molar-refractivity contribution >= 4 is 34.5 Å². The van der Waals surface area contributed by atoms with Crippen molar-refractivity contribution < 1.29 is 9.85 Å². The van der Waals surface area contributed by atoms with Gasteiger partial charge in [-0.25, -0.2) is 0 Å². The average molecular weight is 438 g/mol. The minimum atomic E-state index is -0.675. The second kappa shape index (κ2) is 8.41. The van der Waals surface area contributed by atoms with Crippen molar-refractivity contribution in [1.29, 1.82) is 0 Å². The van der Waals surface area contributed by atoms with Gasteiger partial charge >= 0.3 is 5.69 Å². The first-order valence-electron chi connectivity index (χ1n) is 10.3. The van der Waals surface area contributed by atoms with Gasteiger partial charge in [0.15, 0.2) is 0 Å². The second-order valence-corrected chi connectivity index (χ2v) is 8.76. The Morgan fingerprint density at radius 3 is 2.38 bits per heavy atom. The molecule has 32 heavy (non-hydrogen) atoms. The van der Waals surface area contributed by atoms with Crippen molar-refractivity contribution in [3.05, 3.63) is 73.3 Å². The first-order chi connectivity index (χ1) is 14.9. The molecule has 3 rings (SSSR count). The summed E-state index contributed by atoms with van der Waals surface area (Å²) in [4.78, 5) is 23.2. The monoisotopic (exact) mass is 437 g/mol. The molecular formula is C23H27N5O4. The Hall–Kier alpha value is -3.75. The lowest BCUT2D eigenvalue weighted by molar-refractivity contribution is -0.393. The number of benzene rings is 2. The van der Waals surface area contributed by atoms with Gasteiger partial charge in [-0.15, -0.1) is 0 Å². The van der Waals surface area contributed by atoms with Crippen molar-refractivity contribution in [2.24, 2.45) is 5.10 Å². The number of nitro benzene ring substituents is 2. The van der Waals surface area contributed by atoms with E-state index in [4.69, 9.17) is 0 Å². The number of hydrogen-bond donors (Lipinski definition) is 1. The van der Waals surface area contributed by atoms with Gasteiger partial charge < -0.3 is 4.90 Å². The molecule has 0 atom stereocenters. The minimum absolute atomic E-state index is 0.0799. The van der Waals surface area contributed by atoms with Crippen LogP contribution in [0.4, 0.5) is 22.7 Å². The third kappa shape index (κ3) is 4.32. The molecule has 0 saturated carbocycles. The number of anilines is 2. The topological polar surface area (TPSA) is 114 Å². The maximum atomic E-state index is 11.3. The molecule has 0 aromatic heterocycles. The summed E-state index contributed by atoms with van der Waals surface area (Å²) in [5.41, 5.74) is 7.21. The van der Waals surface area contributed by atoms with E-state index in [1.807, 2.05) is 6.92 Å². The highest BCUT2D eigenvalue weighted by atomic mass is 16.6. The zero-order valence-electron chi connectivity index (χ0n) is 19.0. The summed E-state index contributed by atoms with van der Waals surface area (Å²) in [6.45, 7) is 12.8. The minimum Gasteiger partial charge on any atom is -0.360 e. The zero-order valence-corrected chi connectivity index (χ0v) is 19.0. The Kier molecular flexibility index (Phi) is 6.03. The van der Waals surface area contributed by atoms with E-state index in [1.54, 1.807) is 6.21 Å². The van der Waals surface area contributed by atoms with Crippen LogP contribution in [0.2, 0.25) is 0 Å². The summed E-state index contributed by atoms with van der Waals surface area (Å²) in [5.74, 6) is 0. The Bertz CT molecular complexity index is 1150. The molecule has 1 aliphatic heterocycles. The first-order valence-corrected chi connectivity index (χ1v) is 10.3. The van der Waals surface area contributed by atoms with Gasteiger partial charge in [0.05, 0.1) is 27.7 Å². The van der Waals surface area contributed by atoms with Crippen molar-refractivity contribution in [3.63, 3.8) is 0 Å². The molecule has 0 saturated heterocycles. The van der Waals surface area contributed by atoms with Crippen molar-refractivity contribution in [2.75, 3.05) is 10.3 Å². The average Bonchev–Trinajstić information content (AvgIpc) is 2.67. The molecule has 0 radical (unpaired) electrons. The standard InChI is InChI=1S/C23H27N5O4/c1-14(2)26-21-9-15(3)17(10-19(21)16(4)12-23(26,5)6)13-24-25-20-8-7-18(27(29)30)11-22(20)28(31)32/h7-14,25H,1-6H3/b24-13-. The molecule has 1 aliphatic rings. The lowest BCUT2D eigenvalue weighted by atomic mass is 9.86. The fourth-order valence-electron chi connectivity index (χ4n) is 4.35. The number of fused-ring (bicyclic) bond motifs is 1. The molecule has 0 bridgehead atoms. The molecule has 0 amide bonds. The number of allylic oxidation sites excluding steroid dienone is 1. The van der Waals surface area contributed by atoms with Crippen LogP contribution >= 0.6 is 0 Å². The van der Waals surface area contributed by atoms with Crippen LogP contribution in [-0.4, -0.2) is 27.6 Å². The smallest absolute Gasteiger partial charge is 0.301 e. The van der Waals surface area contributed by atoms with Crippen LogP contribution in [0.5, 0.6) is 0 Å². The first kappa shape index (κ1) is 22.9. The van der Waals surface area contributed by atoms with Gasteiger partial charge in [0, 0.05) is 23.4 Å². The number of hydrazone groups is 1. The Labute approximate surface area is 186 Å². The van der Waals surface area contributed by atoms with E-state index >= 15 is 0 Å². The van der Waals surface area contributed by atoms with E-state index in [9.17, 15) is 20.2 Å². The summed E-state index contributed by atoms with van der Waals surface area (Å²) in [6.07, 6.45) is 3.86. The van der Waals surface area contributed by atoms with Gasteiger partial charge in [-0.1, -0.05) is 6.08 Å². The third-order valence-electron chi connectivity index (χ3n) is 5.55. The van der Waals surface area contributed by atoms with Gasteiger partial charge in [0.2, 0.25) is 0 Å². The number of nitrogens with one attached hydrogen (secondary N) is 1. The summed E-state index contributed by atoms with van der Waals surface area (Å²) < 4.78 is 0. The van der Waals surface area contributed by atoms with Gasteiger partial charge in [0.1, 0.15) is 5.69 Å². The normalized spacial score (nSPS) is 15.0. The SMILES string of the molecule is CC1=CC(C)(C)N(C(C)C)c2cc(C)c(/C=N\Nc3ccc([N+](=O)[O-])cc3[N+](=O)[O-])cc21. The van der Waals surface area contributed by atoms with E-state index in [2.05, 4.69) is 68.3 Å². The highest BCUT2D eigenvalue weighted by Gasteiger charge is 2.33. The van der Waals surface area contributed by atoms with Crippen LogP contribution in [0.15, 0.2) is 41.5 Å². The van der Waals surface area contributed by atoms with E-state index in [0.717, 1.165) is 22.8 Å². The molecule has 168 valence electrons. The summed E-state index contributed by atoms with van der Waals surface area (Å²) in [7, 11) is 0. The third-order valence-corrected chi connectivity index (χ3v) is 5.55. The number of nitro groups is 2. The Morgan fingerprint density at radius 2 is 1.78 bits per heavy atom. The second-order valence-electron chi connectivity index (χ2n) is 8.76. The molecule has 0 aliphatic carbocycles. The zero-order chi connectivity index (χ0) is 23.8. The lowest BCUT2D eigenvalue weighted by Gasteiger charge is -2.46.